The van der Waals surface area contributed by atoms with Crippen LogP contribution in [0.5, 0.6) is 0 Å². The summed E-state index contributed by atoms with van der Waals surface area (Å²) in [5.41, 5.74) is 1.14. The number of nitrogens with zero attached hydrogens (tertiary/aromatic N) is 1. The zero-order valence-electron chi connectivity index (χ0n) is 7.22. The summed E-state index contributed by atoms with van der Waals surface area (Å²) in [6.07, 6.45) is 7.47. The summed E-state index contributed by atoms with van der Waals surface area (Å²) in [6.45, 7) is 6.32. The molecule has 0 spiro atoms. The average molecular weight is 139 g/mol. The summed E-state index contributed by atoms with van der Waals surface area (Å²) < 4.78 is 0. The fraction of sp³-hybridized carbons (Fsp3) is 0.667. The summed E-state index contributed by atoms with van der Waals surface area (Å²) in [5.74, 6) is 0. The minimum absolute atomic E-state index is 1.08. The summed E-state index contributed by atoms with van der Waals surface area (Å²) in [6, 6.07) is 0. The Kier molecular flexibility index (Phi) is 6.14. The van der Waals surface area contributed by atoms with Crippen LogP contribution in [0.25, 0.3) is 0 Å². The smallest absolute Gasteiger partial charge is 0.0328 e. The fourth-order valence-corrected chi connectivity index (χ4v) is 0.686. The normalized spacial score (nSPS) is 12.9. The van der Waals surface area contributed by atoms with Gasteiger partial charge in [-0.1, -0.05) is 26.3 Å². The first-order chi connectivity index (χ1) is 4.81. The van der Waals surface area contributed by atoms with Crippen LogP contribution < -0.4 is 0 Å². The number of hydrogen-bond donors (Lipinski definition) is 0. The highest BCUT2D eigenvalue weighted by Gasteiger charge is 1.78. The standard InChI is InChI=1S/C9H17N/c1-4-6-8-10-9(3)7-5-2/h7-8H,4-6H2,1-3H3/b9-7-,10-8+. The Labute approximate surface area is 63.9 Å². The maximum absolute atomic E-state index is 4.24. The van der Waals surface area contributed by atoms with Crippen LogP contribution in [0.2, 0.25) is 0 Å². The lowest BCUT2D eigenvalue weighted by atomic mass is 10.3. The van der Waals surface area contributed by atoms with Gasteiger partial charge in [0.25, 0.3) is 0 Å². The number of allylic oxidation sites excluding steroid dienone is 2. The van der Waals surface area contributed by atoms with E-state index in [9.17, 15) is 0 Å². The Hall–Kier alpha value is -0.590. The van der Waals surface area contributed by atoms with Crippen LogP contribution in [0.3, 0.4) is 0 Å². The molecule has 1 nitrogen and oxygen atoms in total. The van der Waals surface area contributed by atoms with Crippen LogP contribution in [0.15, 0.2) is 16.8 Å². The van der Waals surface area contributed by atoms with E-state index in [1.54, 1.807) is 0 Å². The predicted octanol–water partition coefficient (Wildman–Crippen LogP) is 3.17. The molecule has 0 fully saturated rings. The molecule has 0 aromatic heterocycles. The second-order valence-corrected chi connectivity index (χ2v) is 2.35. The molecule has 0 aliphatic rings. The molecule has 0 heterocycles. The largest absolute Gasteiger partial charge is 0.266 e. The van der Waals surface area contributed by atoms with Crippen LogP contribution in [-0.2, 0) is 0 Å². The Morgan fingerprint density at radius 2 is 2.10 bits per heavy atom. The lowest BCUT2D eigenvalue weighted by Crippen LogP contribution is -1.74. The van der Waals surface area contributed by atoms with Gasteiger partial charge in [-0.15, -0.1) is 0 Å². The third-order valence-corrected chi connectivity index (χ3v) is 1.21. The molecule has 0 aliphatic heterocycles. The molecule has 10 heavy (non-hydrogen) atoms. The van der Waals surface area contributed by atoms with Crippen molar-refractivity contribution in [3.8, 4) is 0 Å². The SMILES string of the molecule is CC/C=C(C)\N=C\CCC. The van der Waals surface area contributed by atoms with E-state index >= 15 is 0 Å². The van der Waals surface area contributed by atoms with Crippen molar-refractivity contribution >= 4 is 6.21 Å². The molecule has 0 aromatic rings. The van der Waals surface area contributed by atoms with E-state index < -0.39 is 0 Å². The zero-order chi connectivity index (χ0) is 7.82. The Bertz CT molecular complexity index is 123. The van der Waals surface area contributed by atoms with Crippen LogP contribution in [0, 0.1) is 0 Å². The Balaban J connectivity index is 3.55. The van der Waals surface area contributed by atoms with E-state index in [2.05, 4.69) is 24.9 Å². The molecule has 0 amide bonds. The lowest BCUT2D eigenvalue weighted by molar-refractivity contribution is 1.00. The topological polar surface area (TPSA) is 12.4 Å². The van der Waals surface area contributed by atoms with Crippen LogP contribution in [-0.4, -0.2) is 6.21 Å². The molecule has 0 bridgehead atoms. The molecular formula is C9H17N. The van der Waals surface area contributed by atoms with Crippen molar-refractivity contribution in [3.63, 3.8) is 0 Å². The van der Waals surface area contributed by atoms with Gasteiger partial charge in [-0.2, -0.15) is 0 Å². The molecule has 0 atom stereocenters. The van der Waals surface area contributed by atoms with Gasteiger partial charge < -0.3 is 0 Å². The maximum Gasteiger partial charge on any atom is 0.0328 e. The minimum atomic E-state index is 1.08. The summed E-state index contributed by atoms with van der Waals surface area (Å²) >= 11 is 0. The molecule has 0 N–H and O–H groups in total. The first kappa shape index (κ1) is 9.41. The molecule has 0 aliphatic carbocycles. The van der Waals surface area contributed by atoms with Crippen molar-refractivity contribution in [2.75, 3.05) is 0 Å². The van der Waals surface area contributed by atoms with Gasteiger partial charge in [0, 0.05) is 11.9 Å². The molecular weight excluding hydrogens is 122 g/mol. The molecule has 0 aromatic carbocycles. The second kappa shape index (κ2) is 6.53. The first-order valence-corrected chi connectivity index (χ1v) is 4.00. The third-order valence-electron chi connectivity index (χ3n) is 1.21. The molecule has 0 radical (unpaired) electrons. The predicted molar refractivity (Wildman–Crippen MR) is 47.4 cm³/mol. The van der Waals surface area contributed by atoms with Crippen LogP contribution >= 0.6 is 0 Å². The van der Waals surface area contributed by atoms with Crippen molar-refractivity contribution in [1.82, 2.24) is 0 Å². The van der Waals surface area contributed by atoms with Gasteiger partial charge in [-0.05, 0) is 19.8 Å². The molecule has 0 rings (SSSR count). The van der Waals surface area contributed by atoms with Gasteiger partial charge in [0.2, 0.25) is 0 Å². The second-order valence-electron chi connectivity index (χ2n) is 2.35. The van der Waals surface area contributed by atoms with Crippen molar-refractivity contribution in [3.05, 3.63) is 11.8 Å². The summed E-state index contributed by atoms with van der Waals surface area (Å²) in [4.78, 5) is 4.24. The van der Waals surface area contributed by atoms with Gasteiger partial charge in [0.1, 0.15) is 0 Å². The molecule has 0 saturated heterocycles. The first-order valence-electron chi connectivity index (χ1n) is 4.00. The van der Waals surface area contributed by atoms with Crippen molar-refractivity contribution in [2.24, 2.45) is 4.99 Å². The number of aliphatic imine (C=N–C) groups is 1. The van der Waals surface area contributed by atoms with Crippen molar-refractivity contribution < 1.29 is 0 Å². The zero-order valence-corrected chi connectivity index (χ0v) is 7.22. The van der Waals surface area contributed by atoms with Crippen LogP contribution in [0.4, 0.5) is 0 Å². The number of rotatable bonds is 4. The highest BCUT2D eigenvalue weighted by Crippen LogP contribution is 1.95. The van der Waals surface area contributed by atoms with E-state index in [1.807, 2.05) is 13.1 Å². The molecule has 0 unspecified atom stereocenters. The quantitative estimate of drug-likeness (QED) is 0.530. The molecule has 1 heteroatoms. The lowest BCUT2D eigenvalue weighted by Gasteiger charge is -1.88. The summed E-state index contributed by atoms with van der Waals surface area (Å²) in [5, 5.41) is 0. The molecule has 58 valence electrons. The highest BCUT2D eigenvalue weighted by atomic mass is 14.7. The van der Waals surface area contributed by atoms with Crippen molar-refractivity contribution in [1.29, 1.82) is 0 Å². The van der Waals surface area contributed by atoms with Gasteiger partial charge >= 0.3 is 0 Å². The third kappa shape index (κ3) is 5.54. The Morgan fingerprint density at radius 3 is 2.60 bits per heavy atom. The van der Waals surface area contributed by atoms with E-state index in [1.165, 1.54) is 6.42 Å². The average Bonchev–Trinajstić information content (AvgIpc) is 1.89. The monoisotopic (exact) mass is 139 g/mol. The number of unbranched alkanes of at least 4 members (excludes halogenated alkanes) is 1. The van der Waals surface area contributed by atoms with E-state index in [0.29, 0.717) is 0 Å². The minimum Gasteiger partial charge on any atom is -0.266 e. The highest BCUT2D eigenvalue weighted by molar-refractivity contribution is 5.58. The van der Waals surface area contributed by atoms with Gasteiger partial charge in [-0.25, -0.2) is 0 Å². The van der Waals surface area contributed by atoms with E-state index in [0.717, 1.165) is 18.5 Å². The van der Waals surface area contributed by atoms with E-state index in [-0.39, 0.29) is 0 Å². The van der Waals surface area contributed by atoms with Crippen molar-refractivity contribution in [2.45, 2.75) is 40.0 Å². The number of hydrogen-bond acceptors (Lipinski definition) is 1. The summed E-state index contributed by atoms with van der Waals surface area (Å²) in [7, 11) is 0. The van der Waals surface area contributed by atoms with Crippen LogP contribution in [0.1, 0.15) is 40.0 Å². The maximum atomic E-state index is 4.24. The van der Waals surface area contributed by atoms with Gasteiger partial charge in [0.15, 0.2) is 0 Å². The van der Waals surface area contributed by atoms with E-state index in [4.69, 9.17) is 0 Å². The fourth-order valence-electron chi connectivity index (χ4n) is 0.686. The molecule has 0 saturated carbocycles. The van der Waals surface area contributed by atoms with Gasteiger partial charge in [-0.3, -0.25) is 4.99 Å². The van der Waals surface area contributed by atoms with Gasteiger partial charge in [0.05, 0.1) is 0 Å². The Morgan fingerprint density at radius 1 is 1.40 bits per heavy atom.